The highest BCUT2D eigenvalue weighted by molar-refractivity contribution is 5.79. The molecule has 5 aliphatic rings. The molecule has 2 bridgehead atoms. The molecule has 1 heterocycles. The standard InChI is InChI=1S/C27H27F2N/c1-3-6-17-10-23(28)25(24(29)11-17)26-22-12-19-7-4-5-8-20(19)21(22)9-16(2)30(26)27-13-18(14-27)15-27/h3-8,10-11,16,18,26H,9,12-15H2,1-2H3/b6-3+. The van der Waals surface area contributed by atoms with Gasteiger partial charge in [0.25, 0.3) is 0 Å². The van der Waals surface area contributed by atoms with Crippen molar-refractivity contribution in [3.8, 4) is 0 Å². The molecule has 1 aliphatic heterocycles. The molecule has 0 amide bonds. The van der Waals surface area contributed by atoms with Gasteiger partial charge in [0.2, 0.25) is 0 Å². The van der Waals surface area contributed by atoms with E-state index in [2.05, 4.69) is 36.1 Å². The van der Waals surface area contributed by atoms with E-state index in [1.54, 1.807) is 6.08 Å². The summed E-state index contributed by atoms with van der Waals surface area (Å²) < 4.78 is 31.0. The quantitative estimate of drug-likeness (QED) is 0.551. The lowest BCUT2D eigenvalue weighted by atomic mass is 9.48. The first-order valence-corrected chi connectivity index (χ1v) is 11.2. The lowest BCUT2D eigenvalue weighted by Gasteiger charge is -2.70. The van der Waals surface area contributed by atoms with Gasteiger partial charge in [-0.25, -0.2) is 8.78 Å². The second-order valence-electron chi connectivity index (χ2n) is 9.80. The van der Waals surface area contributed by atoms with E-state index in [4.69, 9.17) is 0 Å². The van der Waals surface area contributed by atoms with Crippen LogP contribution < -0.4 is 0 Å². The molecule has 30 heavy (non-hydrogen) atoms. The van der Waals surface area contributed by atoms with E-state index in [-0.39, 0.29) is 23.2 Å². The van der Waals surface area contributed by atoms with Gasteiger partial charge in [-0.1, -0.05) is 36.4 Å². The van der Waals surface area contributed by atoms with Crippen molar-refractivity contribution in [2.45, 2.75) is 63.6 Å². The topological polar surface area (TPSA) is 3.24 Å². The molecule has 2 aromatic carbocycles. The van der Waals surface area contributed by atoms with Gasteiger partial charge in [-0.2, -0.15) is 0 Å². The fourth-order valence-corrected chi connectivity index (χ4v) is 6.73. The minimum absolute atomic E-state index is 0.142. The normalized spacial score (nSPS) is 32.1. The molecular weight excluding hydrogens is 376 g/mol. The molecule has 1 nitrogen and oxygen atoms in total. The number of allylic oxidation sites excluding steroid dienone is 1. The van der Waals surface area contributed by atoms with Gasteiger partial charge in [0.1, 0.15) is 11.6 Å². The first kappa shape index (κ1) is 18.5. The molecule has 0 N–H and O–H groups in total. The van der Waals surface area contributed by atoms with Gasteiger partial charge < -0.3 is 0 Å². The predicted octanol–water partition coefficient (Wildman–Crippen LogP) is 6.70. The van der Waals surface area contributed by atoms with E-state index in [9.17, 15) is 0 Å². The number of hydrogen-bond donors (Lipinski definition) is 0. The smallest absolute Gasteiger partial charge is 0.131 e. The van der Waals surface area contributed by atoms with Crippen molar-refractivity contribution in [2.75, 3.05) is 0 Å². The van der Waals surface area contributed by atoms with Gasteiger partial charge in [0.15, 0.2) is 0 Å². The molecule has 7 rings (SSSR count). The zero-order valence-electron chi connectivity index (χ0n) is 17.6. The van der Waals surface area contributed by atoms with E-state index in [1.807, 2.05) is 13.0 Å². The zero-order valence-corrected chi connectivity index (χ0v) is 17.6. The maximum atomic E-state index is 15.5. The fraction of sp³-hybridized carbons (Fsp3) is 0.407. The van der Waals surface area contributed by atoms with E-state index in [1.165, 1.54) is 53.7 Å². The second kappa shape index (κ2) is 6.37. The summed E-state index contributed by atoms with van der Waals surface area (Å²) in [5.74, 6) is -0.0102. The maximum Gasteiger partial charge on any atom is 0.131 e. The van der Waals surface area contributed by atoms with Crippen LogP contribution in [0.2, 0.25) is 0 Å². The minimum Gasteiger partial charge on any atom is -0.284 e. The van der Waals surface area contributed by atoms with Gasteiger partial charge in [0.05, 0.1) is 6.04 Å². The van der Waals surface area contributed by atoms with Crippen molar-refractivity contribution in [3.05, 3.63) is 81.9 Å². The SMILES string of the molecule is C/C=C/c1cc(F)c(C2C3=C(CC(C)N2C24CC(C2)C4)c2ccccc2C3)c(F)c1. The van der Waals surface area contributed by atoms with Crippen molar-refractivity contribution < 1.29 is 8.78 Å². The van der Waals surface area contributed by atoms with Crippen molar-refractivity contribution >= 4 is 11.6 Å². The van der Waals surface area contributed by atoms with Crippen molar-refractivity contribution in [1.82, 2.24) is 4.90 Å². The summed E-state index contributed by atoms with van der Waals surface area (Å²) in [5, 5.41) is 0. The number of nitrogens with zero attached hydrogens (tertiary/aromatic N) is 1. The highest BCUT2D eigenvalue weighted by Gasteiger charge is 2.63. The Kier molecular flexibility index (Phi) is 3.93. The van der Waals surface area contributed by atoms with E-state index >= 15 is 8.78 Å². The third kappa shape index (κ3) is 2.42. The lowest BCUT2D eigenvalue weighted by Crippen LogP contribution is -2.71. The van der Waals surface area contributed by atoms with Crippen molar-refractivity contribution in [2.24, 2.45) is 5.92 Å². The molecule has 0 saturated heterocycles. The molecule has 2 atom stereocenters. The Morgan fingerprint density at radius 1 is 1.07 bits per heavy atom. The number of halogens is 2. The van der Waals surface area contributed by atoms with Gasteiger partial charge in [-0.15, -0.1) is 0 Å². The van der Waals surface area contributed by atoms with Gasteiger partial charge in [-0.3, -0.25) is 4.90 Å². The van der Waals surface area contributed by atoms with Crippen LogP contribution in [0.3, 0.4) is 0 Å². The Bertz CT molecular complexity index is 1070. The minimum atomic E-state index is -0.415. The molecule has 154 valence electrons. The van der Waals surface area contributed by atoms with E-state index < -0.39 is 11.6 Å². The molecule has 0 spiro atoms. The molecule has 3 fully saturated rings. The Morgan fingerprint density at radius 3 is 2.40 bits per heavy atom. The monoisotopic (exact) mass is 403 g/mol. The van der Waals surface area contributed by atoms with Crippen molar-refractivity contribution in [3.63, 3.8) is 0 Å². The van der Waals surface area contributed by atoms with Crippen LogP contribution in [0.25, 0.3) is 11.6 Å². The van der Waals surface area contributed by atoms with Crippen LogP contribution in [0.1, 0.15) is 67.8 Å². The van der Waals surface area contributed by atoms with Crippen LogP contribution in [0.4, 0.5) is 8.78 Å². The van der Waals surface area contributed by atoms with Crippen molar-refractivity contribution in [1.29, 1.82) is 0 Å². The van der Waals surface area contributed by atoms with Gasteiger partial charge in [-0.05, 0) is 91.8 Å². The molecule has 3 heteroatoms. The Hall–Kier alpha value is -2.26. The van der Waals surface area contributed by atoms with Crippen LogP contribution in [0, 0.1) is 17.6 Å². The summed E-state index contributed by atoms with van der Waals surface area (Å²) in [6, 6.07) is 11.5. The molecule has 0 radical (unpaired) electrons. The lowest BCUT2D eigenvalue weighted by molar-refractivity contribution is -0.173. The highest BCUT2D eigenvalue weighted by Crippen LogP contribution is 2.65. The first-order valence-electron chi connectivity index (χ1n) is 11.2. The second-order valence-corrected chi connectivity index (χ2v) is 9.80. The van der Waals surface area contributed by atoms with Crippen LogP contribution >= 0.6 is 0 Å². The number of rotatable bonds is 3. The molecule has 2 unspecified atom stereocenters. The fourth-order valence-electron chi connectivity index (χ4n) is 6.73. The molecule has 2 aromatic rings. The van der Waals surface area contributed by atoms with Crippen LogP contribution in [0.15, 0.2) is 48.0 Å². The summed E-state index contributed by atoms with van der Waals surface area (Å²) in [7, 11) is 0. The zero-order chi connectivity index (χ0) is 20.6. The third-order valence-corrected chi connectivity index (χ3v) is 7.98. The summed E-state index contributed by atoms with van der Waals surface area (Å²) >= 11 is 0. The Morgan fingerprint density at radius 2 is 1.77 bits per heavy atom. The summed E-state index contributed by atoms with van der Waals surface area (Å²) in [6.45, 7) is 4.12. The predicted molar refractivity (Wildman–Crippen MR) is 117 cm³/mol. The average Bonchev–Trinajstić information content (AvgIpc) is 2.99. The number of fused-ring (bicyclic) bond motifs is 2. The third-order valence-electron chi connectivity index (χ3n) is 7.98. The highest BCUT2D eigenvalue weighted by atomic mass is 19.1. The average molecular weight is 404 g/mol. The number of hydrogen-bond acceptors (Lipinski definition) is 1. The van der Waals surface area contributed by atoms with Crippen LogP contribution in [-0.2, 0) is 6.42 Å². The Balaban J connectivity index is 1.54. The first-order chi connectivity index (χ1) is 14.5. The van der Waals surface area contributed by atoms with Crippen LogP contribution in [-0.4, -0.2) is 16.5 Å². The number of benzene rings is 2. The van der Waals surface area contributed by atoms with Crippen LogP contribution in [0.5, 0.6) is 0 Å². The van der Waals surface area contributed by atoms with E-state index in [0.29, 0.717) is 5.56 Å². The van der Waals surface area contributed by atoms with Gasteiger partial charge in [0, 0.05) is 17.1 Å². The molecule has 4 aliphatic carbocycles. The molecule has 0 aromatic heterocycles. The van der Waals surface area contributed by atoms with Gasteiger partial charge >= 0.3 is 0 Å². The molecule has 3 saturated carbocycles. The summed E-state index contributed by atoms with van der Waals surface area (Å²) in [6.07, 6.45) is 8.90. The maximum absolute atomic E-state index is 15.5. The Labute approximate surface area is 177 Å². The largest absolute Gasteiger partial charge is 0.284 e. The van der Waals surface area contributed by atoms with E-state index in [0.717, 1.165) is 18.8 Å². The summed E-state index contributed by atoms with van der Waals surface area (Å²) in [4.78, 5) is 2.51. The molecular formula is C27H27F2N. The summed E-state index contributed by atoms with van der Waals surface area (Å²) in [5.41, 5.74) is 6.10.